The number of nitrogens with one attached hydrogen (secondary N) is 2. The fourth-order valence-corrected chi connectivity index (χ4v) is 10.1. The summed E-state index contributed by atoms with van der Waals surface area (Å²) in [5.41, 5.74) is 1.04. The number of anilines is 1. The number of carbonyl (C=O) groups excluding carboxylic acids is 5. The van der Waals surface area contributed by atoms with Crippen LogP contribution in [0.15, 0.2) is 102 Å². The number of para-hydroxylation sites is 2. The Hall–Kier alpha value is -6.82. The molecule has 0 saturated carbocycles. The first-order valence-corrected chi connectivity index (χ1v) is 25.3. The molecule has 0 bridgehead atoms. The van der Waals surface area contributed by atoms with E-state index >= 15 is 0 Å². The number of sulfone groups is 1. The molecule has 2 saturated heterocycles. The number of phenolic OH excluding ortho intramolecular Hbond substituents is 1. The molecule has 2 unspecified atom stereocenters. The molecule has 2 fully saturated rings. The minimum absolute atomic E-state index is 0.0123. The molecule has 3 heterocycles. The van der Waals surface area contributed by atoms with Crippen LogP contribution in [0.4, 0.5) is 5.69 Å². The largest absolute Gasteiger partial charge is 0.507 e. The number of phenols is 1. The van der Waals surface area contributed by atoms with E-state index in [-0.39, 0.29) is 46.1 Å². The molecule has 5 aromatic carbocycles. The van der Waals surface area contributed by atoms with E-state index in [1.165, 1.54) is 18.2 Å². The van der Waals surface area contributed by atoms with E-state index in [1.54, 1.807) is 30.3 Å². The maximum absolute atomic E-state index is 13.3. The zero-order chi connectivity index (χ0) is 49.0. The highest BCUT2D eigenvalue weighted by Gasteiger charge is 2.45. The number of amides is 5. The van der Waals surface area contributed by atoms with E-state index in [1.807, 2.05) is 79.2 Å². The summed E-state index contributed by atoms with van der Waals surface area (Å²) < 4.78 is 39.2. The Bertz CT molecular complexity index is 2920. The summed E-state index contributed by atoms with van der Waals surface area (Å²) in [6.45, 7) is 7.87. The van der Waals surface area contributed by atoms with Gasteiger partial charge in [0.15, 0.2) is 27.1 Å². The third-order valence-corrected chi connectivity index (χ3v) is 14.3. The lowest BCUT2D eigenvalue weighted by Crippen LogP contribution is -2.54. The number of aromatic hydroxyl groups is 1. The lowest BCUT2D eigenvalue weighted by molar-refractivity contribution is -0.136. The van der Waals surface area contributed by atoms with Gasteiger partial charge in [-0.05, 0) is 107 Å². The van der Waals surface area contributed by atoms with Crippen molar-refractivity contribution in [2.24, 2.45) is 0 Å². The molecule has 17 heteroatoms. The van der Waals surface area contributed by atoms with Crippen molar-refractivity contribution < 1.29 is 47.0 Å². The number of fused-ring (bicyclic) bond motifs is 2. The maximum Gasteiger partial charge on any atom is 0.262 e. The molecule has 3 aliphatic heterocycles. The summed E-state index contributed by atoms with van der Waals surface area (Å²) in [5.74, 6) is -1.01. The molecule has 0 aromatic heterocycles. The normalized spacial score (nSPS) is 17.3. The Morgan fingerprint density at radius 3 is 2.30 bits per heavy atom. The molecule has 3 aliphatic rings. The standard InChI is InChI=1S/C52H58N6O10S/c1-5-52(2,68-43-18-10-9-17-42(43)67-48-36-15-8-7-14-34(36)20-22-38(48)47-41(59)16-13-19-44(47)69(4,65)66)53-26-11-6-12-27-55(3)33-46(61)57-30-28-56(29-31-57)35-21-23-37-39(32-35)51(64)58(50(37)63)40-24-25-45(60)54-49(40)62/h7-10,13-23,32,40,53,59H,5-6,11-12,24-31,33H2,1-4H3,(H,54,60,62). The van der Waals surface area contributed by atoms with Gasteiger partial charge in [0, 0.05) is 61.1 Å². The number of rotatable bonds is 18. The first-order chi connectivity index (χ1) is 33.0. The van der Waals surface area contributed by atoms with Gasteiger partial charge in [-0.2, -0.15) is 0 Å². The van der Waals surface area contributed by atoms with Crippen molar-refractivity contribution in [1.82, 2.24) is 25.3 Å². The minimum atomic E-state index is -3.72. The number of likely N-dealkylation sites (N-methyl/N-ethyl adjacent to an activating group) is 1. The van der Waals surface area contributed by atoms with E-state index in [9.17, 15) is 37.5 Å². The molecular formula is C52H58N6O10S. The number of benzene rings is 5. The van der Waals surface area contributed by atoms with Crippen molar-refractivity contribution in [2.45, 2.75) is 69.0 Å². The monoisotopic (exact) mass is 958 g/mol. The van der Waals surface area contributed by atoms with Gasteiger partial charge in [-0.3, -0.25) is 44.4 Å². The Morgan fingerprint density at radius 1 is 0.855 bits per heavy atom. The Morgan fingerprint density at radius 2 is 1.57 bits per heavy atom. The number of nitrogens with zero attached hydrogens (tertiary/aromatic N) is 4. The predicted octanol–water partition coefficient (Wildman–Crippen LogP) is 6.35. The number of imide groups is 2. The lowest BCUT2D eigenvalue weighted by Gasteiger charge is -2.37. The summed E-state index contributed by atoms with van der Waals surface area (Å²) in [6, 6.07) is 27.1. The predicted molar refractivity (Wildman–Crippen MR) is 261 cm³/mol. The highest BCUT2D eigenvalue weighted by Crippen LogP contribution is 2.47. The summed E-state index contributed by atoms with van der Waals surface area (Å²) in [6.07, 6.45) is 4.59. The van der Waals surface area contributed by atoms with Crippen molar-refractivity contribution in [3.63, 3.8) is 0 Å². The summed E-state index contributed by atoms with van der Waals surface area (Å²) in [4.78, 5) is 70.8. The number of ether oxygens (including phenoxy) is 2. The second kappa shape index (κ2) is 20.4. The van der Waals surface area contributed by atoms with Crippen molar-refractivity contribution in [3.8, 4) is 34.1 Å². The lowest BCUT2D eigenvalue weighted by atomic mass is 9.98. The molecule has 0 aliphatic carbocycles. The smallest absolute Gasteiger partial charge is 0.262 e. The van der Waals surface area contributed by atoms with E-state index < -0.39 is 45.2 Å². The molecule has 5 amide bonds. The maximum atomic E-state index is 13.3. The Balaban J connectivity index is 0.805. The summed E-state index contributed by atoms with van der Waals surface area (Å²) >= 11 is 0. The van der Waals surface area contributed by atoms with Crippen LogP contribution in [0, 0.1) is 0 Å². The molecule has 0 spiro atoms. The van der Waals surface area contributed by atoms with Crippen LogP contribution in [0.1, 0.15) is 73.1 Å². The highest BCUT2D eigenvalue weighted by molar-refractivity contribution is 7.90. The van der Waals surface area contributed by atoms with E-state index in [0.717, 1.165) is 53.4 Å². The van der Waals surface area contributed by atoms with E-state index in [4.69, 9.17) is 9.47 Å². The van der Waals surface area contributed by atoms with Crippen molar-refractivity contribution >= 4 is 55.8 Å². The molecule has 0 radical (unpaired) electrons. The van der Waals surface area contributed by atoms with Gasteiger partial charge in [0.2, 0.25) is 17.7 Å². The van der Waals surface area contributed by atoms with Gasteiger partial charge in [-0.1, -0.05) is 61.9 Å². The van der Waals surface area contributed by atoms with Crippen LogP contribution in [0.3, 0.4) is 0 Å². The van der Waals surface area contributed by atoms with Gasteiger partial charge in [0.05, 0.1) is 22.6 Å². The van der Waals surface area contributed by atoms with E-state index in [0.29, 0.717) is 68.5 Å². The minimum Gasteiger partial charge on any atom is -0.507 e. The summed E-state index contributed by atoms with van der Waals surface area (Å²) in [5, 5.41) is 18.5. The first-order valence-electron chi connectivity index (χ1n) is 23.4. The number of unbranched alkanes of at least 4 members (excludes halogenated alkanes) is 2. The summed E-state index contributed by atoms with van der Waals surface area (Å²) in [7, 11) is -1.77. The topological polar surface area (TPSA) is 195 Å². The van der Waals surface area contributed by atoms with Crippen molar-refractivity contribution in [2.75, 3.05) is 64.0 Å². The van der Waals surface area contributed by atoms with Gasteiger partial charge >= 0.3 is 0 Å². The van der Waals surface area contributed by atoms with Gasteiger partial charge in [-0.25, -0.2) is 8.42 Å². The average molecular weight is 959 g/mol. The van der Waals surface area contributed by atoms with Crippen LogP contribution in [-0.4, -0.2) is 129 Å². The second-order valence-corrected chi connectivity index (χ2v) is 20.1. The molecule has 3 N–H and O–H groups in total. The van der Waals surface area contributed by atoms with Crippen molar-refractivity contribution in [1.29, 1.82) is 0 Å². The zero-order valence-corrected chi connectivity index (χ0v) is 40.1. The molecule has 362 valence electrons. The third kappa shape index (κ3) is 10.6. The van der Waals surface area contributed by atoms with Crippen LogP contribution in [0.2, 0.25) is 0 Å². The first kappa shape index (κ1) is 48.6. The fourth-order valence-electron chi connectivity index (χ4n) is 9.17. The van der Waals surface area contributed by atoms with Crippen LogP contribution >= 0.6 is 0 Å². The number of hydrogen-bond donors (Lipinski definition) is 3. The number of carbonyl (C=O) groups is 5. The van der Waals surface area contributed by atoms with Crippen molar-refractivity contribution in [3.05, 3.63) is 108 Å². The zero-order valence-electron chi connectivity index (χ0n) is 39.3. The van der Waals surface area contributed by atoms with Crippen LogP contribution in [0.25, 0.3) is 21.9 Å². The molecule has 2 atom stereocenters. The Labute approximate surface area is 402 Å². The Kier molecular flexibility index (Phi) is 14.4. The van der Waals surface area contributed by atoms with Gasteiger partial charge < -0.3 is 24.4 Å². The van der Waals surface area contributed by atoms with E-state index in [2.05, 4.69) is 15.5 Å². The highest BCUT2D eigenvalue weighted by atomic mass is 32.2. The second-order valence-electron chi connectivity index (χ2n) is 18.1. The van der Waals surface area contributed by atoms with Crippen LogP contribution < -0.4 is 25.0 Å². The third-order valence-electron chi connectivity index (χ3n) is 13.2. The molecular weight excluding hydrogens is 901 g/mol. The number of piperazine rings is 1. The van der Waals surface area contributed by atoms with Gasteiger partial charge in [0.25, 0.3) is 11.8 Å². The molecule has 69 heavy (non-hydrogen) atoms. The molecule has 8 rings (SSSR count). The quantitative estimate of drug-likeness (QED) is 0.0500. The SMILES string of the molecule is CCC(C)(NCCCCCN(C)CC(=O)N1CCN(c2ccc3c(c2)C(=O)N(C2CCC(=O)NC2=O)C3=O)CC1)Oc1ccccc1Oc1c(-c2c(O)cccc2S(C)(=O)=O)ccc2ccccc12. The molecule has 5 aromatic rings. The molecule has 16 nitrogen and oxygen atoms in total. The number of hydrogen-bond acceptors (Lipinski definition) is 13. The van der Waals surface area contributed by atoms with Crippen LogP contribution in [0.5, 0.6) is 23.0 Å². The fraction of sp³-hybridized carbons (Fsp3) is 0.365. The average Bonchev–Trinajstić information content (AvgIpc) is 3.58. The van der Waals surface area contributed by atoms with Crippen LogP contribution in [-0.2, 0) is 24.2 Å². The van der Waals surface area contributed by atoms with Gasteiger partial charge in [-0.15, -0.1) is 0 Å². The number of piperidine rings is 1. The van der Waals surface area contributed by atoms with Gasteiger partial charge in [0.1, 0.15) is 17.5 Å².